The Balaban J connectivity index is 1.41. The molecule has 0 aromatic heterocycles. The third-order valence-corrected chi connectivity index (χ3v) is 6.57. The maximum atomic E-state index is 12.9. The highest BCUT2D eigenvalue weighted by Crippen LogP contribution is 2.27. The van der Waals surface area contributed by atoms with Gasteiger partial charge in [0.15, 0.2) is 0 Å². The molecule has 2 aromatic rings. The van der Waals surface area contributed by atoms with Crippen LogP contribution < -0.4 is 20.7 Å². The van der Waals surface area contributed by atoms with Crippen molar-refractivity contribution in [1.82, 2.24) is 20.5 Å². The number of rotatable bonds is 7. The molecule has 2 atom stereocenters. The fourth-order valence-electron chi connectivity index (χ4n) is 4.92. The van der Waals surface area contributed by atoms with E-state index in [0.29, 0.717) is 6.54 Å². The summed E-state index contributed by atoms with van der Waals surface area (Å²) in [4.78, 5) is 32.1. The number of hydrogen-bond acceptors (Lipinski definition) is 5. The van der Waals surface area contributed by atoms with Gasteiger partial charge in [-0.15, -0.1) is 0 Å². The third-order valence-electron chi connectivity index (χ3n) is 6.57. The molecule has 2 fully saturated rings. The molecular formula is C26H36N6O2. The van der Waals surface area contributed by atoms with E-state index in [2.05, 4.69) is 32.7 Å². The molecule has 0 aliphatic carbocycles. The fourth-order valence-corrected chi connectivity index (χ4v) is 4.92. The fraction of sp³-hybridized carbons (Fsp3) is 0.462. The van der Waals surface area contributed by atoms with Crippen LogP contribution in [0.1, 0.15) is 39.3 Å². The molecule has 182 valence electrons. The molecule has 8 heteroatoms. The molecule has 0 spiro atoms. The quantitative estimate of drug-likeness (QED) is 0.659. The molecule has 0 saturated carbocycles. The van der Waals surface area contributed by atoms with Crippen molar-refractivity contribution < 1.29 is 9.59 Å². The summed E-state index contributed by atoms with van der Waals surface area (Å²) in [5.41, 5.74) is 6.24. The van der Waals surface area contributed by atoms with Gasteiger partial charge in [-0.2, -0.15) is 0 Å². The zero-order valence-electron chi connectivity index (χ0n) is 20.6. The summed E-state index contributed by atoms with van der Waals surface area (Å²) in [5, 5.41) is 4.63. The number of likely N-dealkylation sites (N-methyl/N-ethyl adjacent to an activating group) is 1. The molecule has 3 amide bonds. The van der Waals surface area contributed by atoms with Gasteiger partial charge in [-0.05, 0) is 57.5 Å². The van der Waals surface area contributed by atoms with Crippen LogP contribution in [-0.4, -0.2) is 66.7 Å². The smallest absolute Gasteiger partial charge is 0.340 e. The van der Waals surface area contributed by atoms with E-state index in [1.807, 2.05) is 75.1 Å². The number of carbonyl (C=O) groups is 2. The molecular weight excluding hydrogens is 428 g/mol. The highest BCUT2D eigenvalue weighted by atomic mass is 16.2. The molecule has 2 aliphatic rings. The molecule has 2 aliphatic heterocycles. The molecule has 0 radical (unpaired) electrons. The number of nitrogens with zero attached hydrogens (tertiary/aromatic N) is 4. The van der Waals surface area contributed by atoms with Gasteiger partial charge in [0.05, 0.1) is 11.9 Å². The predicted molar refractivity (Wildman–Crippen MR) is 136 cm³/mol. The number of hydrazine groups is 1. The van der Waals surface area contributed by atoms with Crippen LogP contribution in [0.2, 0.25) is 0 Å². The molecule has 2 unspecified atom stereocenters. The predicted octanol–water partition coefficient (Wildman–Crippen LogP) is 3.19. The molecule has 2 heterocycles. The van der Waals surface area contributed by atoms with Crippen LogP contribution in [0, 0.1) is 0 Å². The van der Waals surface area contributed by atoms with Crippen molar-refractivity contribution in [2.24, 2.45) is 0 Å². The van der Waals surface area contributed by atoms with Gasteiger partial charge in [-0.25, -0.2) is 15.2 Å². The number of hydrogen-bond donors (Lipinski definition) is 2. The van der Waals surface area contributed by atoms with Gasteiger partial charge in [0.25, 0.3) is 0 Å². The van der Waals surface area contributed by atoms with Gasteiger partial charge in [0, 0.05) is 44.5 Å². The van der Waals surface area contributed by atoms with Gasteiger partial charge in [0.1, 0.15) is 6.04 Å². The van der Waals surface area contributed by atoms with Crippen molar-refractivity contribution in [2.75, 3.05) is 42.6 Å². The first-order valence-corrected chi connectivity index (χ1v) is 12.2. The van der Waals surface area contributed by atoms with E-state index in [9.17, 15) is 9.59 Å². The molecule has 34 heavy (non-hydrogen) atoms. The minimum absolute atomic E-state index is 0.0267. The van der Waals surface area contributed by atoms with E-state index in [1.165, 1.54) is 0 Å². The lowest BCUT2D eigenvalue weighted by atomic mass is 10.0. The Morgan fingerprint density at radius 2 is 1.62 bits per heavy atom. The minimum atomic E-state index is -0.274. The Morgan fingerprint density at radius 1 is 1.00 bits per heavy atom. The Kier molecular flexibility index (Phi) is 7.38. The summed E-state index contributed by atoms with van der Waals surface area (Å²) >= 11 is 0. The zero-order chi connectivity index (χ0) is 24.2. The minimum Gasteiger partial charge on any atom is -0.369 e. The maximum Gasteiger partial charge on any atom is 0.340 e. The monoisotopic (exact) mass is 464 g/mol. The molecule has 4 rings (SSSR count). The molecule has 2 aromatic carbocycles. The number of benzene rings is 2. The van der Waals surface area contributed by atoms with Crippen LogP contribution in [0.25, 0.3) is 0 Å². The summed E-state index contributed by atoms with van der Waals surface area (Å²) in [6.07, 6.45) is -0.0391. The topological polar surface area (TPSA) is 71.2 Å². The summed E-state index contributed by atoms with van der Waals surface area (Å²) < 4.78 is 0. The second-order valence-electron chi connectivity index (χ2n) is 9.17. The largest absolute Gasteiger partial charge is 0.369 e. The van der Waals surface area contributed by atoms with Crippen LogP contribution >= 0.6 is 0 Å². The van der Waals surface area contributed by atoms with Crippen molar-refractivity contribution in [2.45, 2.75) is 45.9 Å². The lowest BCUT2D eigenvalue weighted by Gasteiger charge is -2.39. The Labute approximate surface area is 202 Å². The standard InChI is InChI=1S/C26H36N6O2/c1-5-27-25(33)24(21-9-7-6-8-10-21)30-17-15-29(16-18-30)22-11-13-23(14-12-22)32-26(34)31(19(2)3)20(4)28-32/h6-14,19-20,24,28H,5,15-18H2,1-4H3,(H,27,33). The van der Waals surface area contributed by atoms with Gasteiger partial charge in [-0.1, -0.05) is 30.3 Å². The van der Waals surface area contributed by atoms with Gasteiger partial charge >= 0.3 is 6.03 Å². The van der Waals surface area contributed by atoms with Gasteiger partial charge in [-0.3, -0.25) is 9.69 Å². The average Bonchev–Trinajstić information content (AvgIpc) is 3.14. The number of anilines is 2. The number of amides is 3. The van der Waals surface area contributed by atoms with Crippen molar-refractivity contribution >= 4 is 23.3 Å². The van der Waals surface area contributed by atoms with E-state index < -0.39 is 0 Å². The second kappa shape index (κ2) is 10.4. The molecule has 2 N–H and O–H groups in total. The van der Waals surface area contributed by atoms with E-state index in [-0.39, 0.29) is 30.2 Å². The van der Waals surface area contributed by atoms with Crippen LogP contribution in [0.3, 0.4) is 0 Å². The highest BCUT2D eigenvalue weighted by Gasteiger charge is 2.36. The van der Waals surface area contributed by atoms with Gasteiger partial charge < -0.3 is 15.1 Å². The number of carbonyl (C=O) groups excluding carboxylic acids is 2. The van der Waals surface area contributed by atoms with E-state index in [4.69, 9.17) is 0 Å². The molecule has 2 saturated heterocycles. The first-order chi connectivity index (χ1) is 16.4. The Bertz CT molecular complexity index is 973. The van der Waals surface area contributed by atoms with Crippen LogP contribution in [0.15, 0.2) is 54.6 Å². The lowest BCUT2D eigenvalue weighted by Crippen LogP contribution is -2.51. The number of urea groups is 1. The first-order valence-electron chi connectivity index (χ1n) is 12.2. The summed E-state index contributed by atoms with van der Waals surface area (Å²) in [6, 6.07) is 18.0. The lowest BCUT2D eigenvalue weighted by molar-refractivity contribution is -0.126. The van der Waals surface area contributed by atoms with E-state index in [1.54, 1.807) is 5.01 Å². The van der Waals surface area contributed by atoms with Gasteiger partial charge in [0.2, 0.25) is 5.91 Å². The Morgan fingerprint density at radius 3 is 2.18 bits per heavy atom. The van der Waals surface area contributed by atoms with E-state index in [0.717, 1.165) is 43.1 Å². The second-order valence-corrected chi connectivity index (χ2v) is 9.17. The maximum absolute atomic E-state index is 12.9. The van der Waals surface area contributed by atoms with Crippen LogP contribution in [0.5, 0.6) is 0 Å². The van der Waals surface area contributed by atoms with Crippen molar-refractivity contribution in [3.05, 3.63) is 60.2 Å². The number of piperazine rings is 1. The van der Waals surface area contributed by atoms with Crippen LogP contribution in [0.4, 0.5) is 16.2 Å². The first kappa shape index (κ1) is 24.0. The number of nitrogens with one attached hydrogen (secondary N) is 2. The third kappa shape index (κ3) is 4.88. The van der Waals surface area contributed by atoms with E-state index >= 15 is 0 Å². The Hall–Kier alpha value is -3.10. The summed E-state index contributed by atoms with van der Waals surface area (Å²) in [5.74, 6) is 0.0546. The molecule has 0 bridgehead atoms. The van der Waals surface area contributed by atoms with Crippen molar-refractivity contribution in [3.8, 4) is 0 Å². The van der Waals surface area contributed by atoms with Crippen molar-refractivity contribution in [3.63, 3.8) is 0 Å². The zero-order valence-corrected chi connectivity index (χ0v) is 20.6. The summed E-state index contributed by atoms with van der Waals surface area (Å²) in [6.45, 7) is 11.9. The average molecular weight is 465 g/mol. The SMILES string of the molecule is CCNC(=O)C(c1ccccc1)N1CCN(c2ccc(N3NC(C)N(C(C)C)C3=O)cc2)CC1. The molecule has 8 nitrogen and oxygen atoms in total. The highest BCUT2D eigenvalue weighted by molar-refractivity contribution is 5.93. The van der Waals surface area contributed by atoms with Crippen molar-refractivity contribution in [1.29, 1.82) is 0 Å². The summed E-state index contributed by atoms with van der Waals surface area (Å²) in [7, 11) is 0. The van der Waals surface area contributed by atoms with Crippen LogP contribution in [-0.2, 0) is 4.79 Å². The normalized spacial score (nSPS) is 20.2.